The highest BCUT2D eigenvalue weighted by Crippen LogP contribution is 1.98. The standard InChI is InChI=1S/C3H6N2O3/c1-2(4)3-5-7-8-6-3/h3-5H,1H3. The first kappa shape index (κ1) is 5.64. The Labute approximate surface area is 45.9 Å². The molecular weight excluding hydrogens is 112 g/mol. The maximum atomic E-state index is 6.94. The molecule has 8 heavy (non-hydrogen) atoms. The van der Waals surface area contributed by atoms with Crippen molar-refractivity contribution in [1.82, 2.24) is 5.48 Å². The van der Waals surface area contributed by atoms with Gasteiger partial charge >= 0.3 is 0 Å². The molecule has 0 spiro atoms. The first-order chi connectivity index (χ1) is 3.80. The van der Waals surface area contributed by atoms with Crippen molar-refractivity contribution in [2.75, 3.05) is 0 Å². The van der Waals surface area contributed by atoms with Gasteiger partial charge in [-0.15, -0.1) is 10.5 Å². The van der Waals surface area contributed by atoms with Crippen molar-refractivity contribution in [3.63, 3.8) is 0 Å². The molecule has 1 saturated heterocycles. The number of hydrogen-bond donors (Lipinski definition) is 2. The molecule has 0 saturated carbocycles. The summed E-state index contributed by atoms with van der Waals surface area (Å²) in [6.07, 6.45) is -0.546. The SMILES string of the molecule is CC(=N)C1NOOO1. The average molecular weight is 118 g/mol. The topological polar surface area (TPSA) is 63.6 Å². The lowest BCUT2D eigenvalue weighted by molar-refractivity contribution is -0.467. The normalized spacial score (nSPS) is 28.4. The Morgan fingerprint density at radius 3 is 2.75 bits per heavy atom. The highest BCUT2D eigenvalue weighted by molar-refractivity contribution is 5.82. The zero-order valence-electron chi connectivity index (χ0n) is 4.30. The van der Waals surface area contributed by atoms with Crippen LogP contribution in [0.25, 0.3) is 0 Å². The van der Waals surface area contributed by atoms with Gasteiger partial charge in [-0.1, -0.05) is 0 Å². The fourth-order valence-corrected chi connectivity index (χ4v) is 0.302. The smallest absolute Gasteiger partial charge is 0.208 e. The maximum absolute atomic E-state index is 6.94. The summed E-state index contributed by atoms with van der Waals surface area (Å²) in [6, 6.07) is 0. The Balaban J connectivity index is 2.35. The van der Waals surface area contributed by atoms with Crippen LogP contribution < -0.4 is 5.48 Å². The second-order valence-corrected chi connectivity index (χ2v) is 1.43. The summed E-state index contributed by atoms with van der Waals surface area (Å²) in [5.41, 5.74) is 2.59. The van der Waals surface area contributed by atoms with Crippen LogP contribution in [0.15, 0.2) is 0 Å². The van der Waals surface area contributed by atoms with Gasteiger partial charge in [-0.05, 0) is 12.0 Å². The van der Waals surface area contributed by atoms with Crippen LogP contribution in [-0.4, -0.2) is 11.9 Å². The number of nitrogens with one attached hydrogen (secondary N) is 2. The van der Waals surface area contributed by atoms with Crippen LogP contribution >= 0.6 is 0 Å². The first-order valence-corrected chi connectivity index (χ1v) is 2.10. The molecule has 1 rings (SSSR count). The maximum Gasteiger partial charge on any atom is 0.208 e. The molecule has 0 aromatic rings. The molecule has 0 aromatic heterocycles. The fourth-order valence-electron chi connectivity index (χ4n) is 0.302. The summed E-state index contributed by atoms with van der Waals surface area (Å²) in [6.45, 7) is 1.58. The minimum absolute atomic E-state index is 0.308. The van der Waals surface area contributed by atoms with Crippen molar-refractivity contribution in [1.29, 1.82) is 5.41 Å². The second kappa shape index (κ2) is 2.19. The molecule has 0 radical (unpaired) electrons. The van der Waals surface area contributed by atoms with Gasteiger partial charge in [-0.25, -0.2) is 0 Å². The zero-order valence-corrected chi connectivity index (χ0v) is 4.30. The second-order valence-electron chi connectivity index (χ2n) is 1.43. The first-order valence-electron chi connectivity index (χ1n) is 2.10. The van der Waals surface area contributed by atoms with E-state index < -0.39 is 6.23 Å². The summed E-state index contributed by atoms with van der Waals surface area (Å²) in [4.78, 5) is 8.46. The largest absolute Gasteiger partial charge is 0.306 e. The van der Waals surface area contributed by atoms with Crippen LogP contribution in [0.3, 0.4) is 0 Å². The van der Waals surface area contributed by atoms with E-state index in [0.717, 1.165) is 0 Å². The Bertz CT molecular complexity index is 98.7. The molecule has 0 amide bonds. The van der Waals surface area contributed by atoms with E-state index in [1.807, 2.05) is 0 Å². The van der Waals surface area contributed by atoms with Crippen molar-refractivity contribution in [2.45, 2.75) is 13.2 Å². The van der Waals surface area contributed by atoms with E-state index in [9.17, 15) is 0 Å². The molecule has 1 unspecified atom stereocenters. The lowest BCUT2D eigenvalue weighted by Crippen LogP contribution is -2.28. The molecule has 5 heteroatoms. The molecule has 46 valence electrons. The van der Waals surface area contributed by atoms with Crippen LogP contribution in [0.5, 0.6) is 0 Å². The Morgan fingerprint density at radius 2 is 2.50 bits per heavy atom. The van der Waals surface area contributed by atoms with E-state index in [4.69, 9.17) is 5.41 Å². The fraction of sp³-hybridized carbons (Fsp3) is 0.667. The van der Waals surface area contributed by atoms with E-state index >= 15 is 0 Å². The molecule has 1 aliphatic rings. The van der Waals surface area contributed by atoms with Crippen molar-refractivity contribution < 1.29 is 14.9 Å². The van der Waals surface area contributed by atoms with E-state index in [0.29, 0.717) is 5.71 Å². The highest BCUT2D eigenvalue weighted by atomic mass is 17.6. The average Bonchev–Trinajstić information content (AvgIpc) is 2.12. The third-order valence-electron chi connectivity index (χ3n) is 0.718. The molecule has 0 bridgehead atoms. The molecule has 0 aliphatic carbocycles. The summed E-state index contributed by atoms with van der Waals surface area (Å²) in [5.74, 6) is 0. The van der Waals surface area contributed by atoms with Crippen molar-refractivity contribution in [3.8, 4) is 0 Å². The predicted octanol–water partition coefficient (Wildman–Crippen LogP) is -0.250. The molecule has 5 nitrogen and oxygen atoms in total. The third-order valence-corrected chi connectivity index (χ3v) is 0.718. The summed E-state index contributed by atoms with van der Waals surface area (Å²) in [7, 11) is 0. The van der Waals surface area contributed by atoms with Gasteiger partial charge in [-0.2, -0.15) is 4.89 Å². The molecule has 0 aromatic carbocycles. The van der Waals surface area contributed by atoms with E-state index in [-0.39, 0.29) is 0 Å². The van der Waals surface area contributed by atoms with Gasteiger partial charge in [0, 0.05) is 0 Å². The monoisotopic (exact) mass is 118 g/mol. The van der Waals surface area contributed by atoms with E-state index in [1.165, 1.54) is 0 Å². The summed E-state index contributed by atoms with van der Waals surface area (Å²) >= 11 is 0. The van der Waals surface area contributed by atoms with Gasteiger partial charge in [-0.3, -0.25) is 0 Å². The van der Waals surface area contributed by atoms with Gasteiger partial charge in [0.05, 0.1) is 5.71 Å². The van der Waals surface area contributed by atoms with E-state index in [2.05, 4.69) is 20.4 Å². The van der Waals surface area contributed by atoms with Crippen molar-refractivity contribution in [2.24, 2.45) is 0 Å². The van der Waals surface area contributed by atoms with Crippen LogP contribution in [-0.2, 0) is 14.9 Å². The van der Waals surface area contributed by atoms with Crippen molar-refractivity contribution in [3.05, 3.63) is 0 Å². The molecular formula is C3H6N2O3. The molecule has 1 aliphatic heterocycles. The Kier molecular flexibility index (Phi) is 1.54. The van der Waals surface area contributed by atoms with Gasteiger partial charge in [0.2, 0.25) is 6.23 Å². The highest BCUT2D eigenvalue weighted by Gasteiger charge is 2.19. The van der Waals surface area contributed by atoms with E-state index in [1.54, 1.807) is 6.92 Å². The van der Waals surface area contributed by atoms with Crippen LogP contribution in [0.1, 0.15) is 6.92 Å². The molecule has 2 N–H and O–H groups in total. The Morgan fingerprint density at radius 1 is 1.75 bits per heavy atom. The van der Waals surface area contributed by atoms with Crippen LogP contribution in [0.2, 0.25) is 0 Å². The molecule has 1 fully saturated rings. The number of hydroxylamine groups is 1. The zero-order chi connectivity index (χ0) is 5.98. The lowest BCUT2D eigenvalue weighted by Gasteiger charge is -1.97. The van der Waals surface area contributed by atoms with Crippen molar-refractivity contribution >= 4 is 5.71 Å². The molecule has 1 heterocycles. The summed E-state index contributed by atoms with van der Waals surface area (Å²) in [5, 5.41) is 10.9. The lowest BCUT2D eigenvalue weighted by atomic mass is 10.4. The van der Waals surface area contributed by atoms with Gasteiger partial charge in [0.15, 0.2) is 0 Å². The van der Waals surface area contributed by atoms with Gasteiger partial charge in [0.25, 0.3) is 0 Å². The number of rotatable bonds is 1. The third kappa shape index (κ3) is 1.01. The van der Waals surface area contributed by atoms with Gasteiger partial charge in [0.1, 0.15) is 0 Å². The molecule has 1 atom stereocenters. The van der Waals surface area contributed by atoms with Crippen LogP contribution in [0, 0.1) is 5.41 Å². The van der Waals surface area contributed by atoms with Crippen LogP contribution in [0.4, 0.5) is 0 Å². The Hall–Kier alpha value is -0.490. The van der Waals surface area contributed by atoms with Gasteiger partial charge < -0.3 is 5.41 Å². The minimum atomic E-state index is -0.546. The minimum Gasteiger partial charge on any atom is -0.306 e. The summed E-state index contributed by atoms with van der Waals surface area (Å²) < 4.78 is 0. The quantitative estimate of drug-likeness (QED) is 0.368. The predicted molar refractivity (Wildman–Crippen MR) is 23.6 cm³/mol. The number of hydrogen-bond acceptors (Lipinski definition) is 5.